The molecule has 0 atom stereocenters. The molecule has 128 valence electrons. The number of allylic oxidation sites excluding steroid dienone is 1. The normalized spacial score (nSPS) is 13.3. The van der Waals surface area contributed by atoms with Gasteiger partial charge in [-0.15, -0.1) is 6.58 Å². The Morgan fingerprint density at radius 1 is 1.40 bits per heavy atom. The monoisotopic (exact) mass is 333 g/mol. The largest absolute Gasteiger partial charge is 0.346 e. The van der Waals surface area contributed by atoms with Crippen molar-refractivity contribution < 1.29 is 4.79 Å². The smallest absolute Gasteiger partial charge is 0.165 e. The van der Waals surface area contributed by atoms with Crippen LogP contribution in [0.25, 0.3) is 10.9 Å². The van der Waals surface area contributed by atoms with Crippen molar-refractivity contribution in [3.63, 3.8) is 0 Å². The first-order chi connectivity index (χ1) is 12.2. The minimum atomic E-state index is 0.216. The first-order valence-corrected chi connectivity index (χ1v) is 8.94. The zero-order chi connectivity index (χ0) is 17.4. The summed E-state index contributed by atoms with van der Waals surface area (Å²) in [6, 6.07) is 6.35. The third kappa shape index (κ3) is 2.72. The lowest BCUT2D eigenvalue weighted by Gasteiger charge is -2.14. The molecule has 4 nitrogen and oxygen atoms in total. The van der Waals surface area contributed by atoms with Gasteiger partial charge in [0.05, 0.1) is 17.5 Å². The van der Waals surface area contributed by atoms with Gasteiger partial charge >= 0.3 is 0 Å². The molecule has 0 spiro atoms. The van der Waals surface area contributed by atoms with Crippen LogP contribution in [0.3, 0.4) is 0 Å². The van der Waals surface area contributed by atoms with Crippen LogP contribution in [0.2, 0.25) is 0 Å². The van der Waals surface area contributed by atoms with Crippen LogP contribution in [0, 0.1) is 6.92 Å². The van der Waals surface area contributed by atoms with E-state index in [0.717, 1.165) is 48.3 Å². The second kappa shape index (κ2) is 6.36. The predicted octanol–water partition coefficient (Wildman–Crippen LogP) is 4.09. The molecule has 0 unspecified atom stereocenters. The van der Waals surface area contributed by atoms with Crippen LogP contribution in [0.15, 0.2) is 43.4 Å². The summed E-state index contributed by atoms with van der Waals surface area (Å²) in [5.74, 6) is 0.216. The molecule has 2 aromatic heterocycles. The average Bonchev–Trinajstić information content (AvgIpc) is 3.17. The van der Waals surface area contributed by atoms with Gasteiger partial charge in [-0.2, -0.15) is 0 Å². The Kier molecular flexibility index (Phi) is 4.04. The molecule has 25 heavy (non-hydrogen) atoms. The van der Waals surface area contributed by atoms with E-state index in [4.69, 9.17) is 0 Å². The second-order valence-electron chi connectivity index (χ2n) is 6.79. The first-order valence-electron chi connectivity index (χ1n) is 8.94. The molecular weight excluding hydrogens is 310 g/mol. The van der Waals surface area contributed by atoms with Gasteiger partial charge in [0.2, 0.25) is 0 Å². The molecule has 0 fully saturated rings. The highest BCUT2D eigenvalue weighted by atomic mass is 16.1. The summed E-state index contributed by atoms with van der Waals surface area (Å²) in [6.07, 6.45) is 9.22. The number of hydrogen-bond acceptors (Lipinski definition) is 2. The van der Waals surface area contributed by atoms with Crippen molar-refractivity contribution in [2.45, 2.75) is 45.7 Å². The molecule has 0 radical (unpaired) electrons. The van der Waals surface area contributed by atoms with Gasteiger partial charge in [0.15, 0.2) is 5.78 Å². The van der Waals surface area contributed by atoms with Crippen LogP contribution in [0.5, 0.6) is 0 Å². The van der Waals surface area contributed by atoms with Crippen LogP contribution >= 0.6 is 0 Å². The molecule has 0 bridgehead atoms. The maximum atomic E-state index is 12.9. The van der Waals surface area contributed by atoms with E-state index in [-0.39, 0.29) is 5.78 Å². The van der Waals surface area contributed by atoms with E-state index in [2.05, 4.69) is 45.1 Å². The quantitative estimate of drug-likeness (QED) is 0.503. The van der Waals surface area contributed by atoms with E-state index in [1.807, 2.05) is 19.3 Å². The highest BCUT2D eigenvalue weighted by molar-refractivity contribution is 6.08. The van der Waals surface area contributed by atoms with E-state index < -0.39 is 0 Å². The number of carbonyl (C=O) groups excluding carboxylic acids is 1. The van der Waals surface area contributed by atoms with Crippen molar-refractivity contribution in [3.8, 4) is 0 Å². The van der Waals surface area contributed by atoms with Crippen LogP contribution in [0.4, 0.5) is 0 Å². The summed E-state index contributed by atoms with van der Waals surface area (Å²) in [6.45, 7) is 7.53. The molecule has 0 saturated carbocycles. The summed E-state index contributed by atoms with van der Waals surface area (Å²) in [5, 5.41) is 1.11. The van der Waals surface area contributed by atoms with Crippen LogP contribution in [0.1, 0.15) is 40.2 Å². The SMILES string of the molecule is C=CCn1cnc(C)c1CCC(=O)c1cn2c3c(cccc13)CCC2. The van der Waals surface area contributed by atoms with Crippen molar-refractivity contribution in [2.24, 2.45) is 0 Å². The Morgan fingerprint density at radius 2 is 2.28 bits per heavy atom. The second-order valence-corrected chi connectivity index (χ2v) is 6.79. The Hall–Kier alpha value is -2.62. The fourth-order valence-electron chi connectivity index (χ4n) is 3.97. The van der Waals surface area contributed by atoms with Gasteiger partial charge in [-0.1, -0.05) is 24.3 Å². The summed E-state index contributed by atoms with van der Waals surface area (Å²) >= 11 is 0. The summed E-state index contributed by atoms with van der Waals surface area (Å²) in [4.78, 5) is 17.3. The Bertz CT molecular complexity index is 961. The van der Waals surface area contributed by atoms with Crippen molar-refractivity contribution in [2.75, 3.05) is 0 Å². The van der Waals surface area contributed by atoms with Gasteiger partial charge in [0, 0.05) is 42.4 Å². The summed E-state index contributed by atoms with van der Waals surface area (Å²) in [5.41, 5.74) is 5.61. The number of rotatable bonds is 6. The fraction of sp³-hybridized carbons (Fsp3) is 0.333. The van der Waals surface area contributed by atoms with Gasteiger partial charge in [-0.25, -0.2) is 4.98 Å². The number of aryl methyl sites for hydroxylation is 3. The van der Waals surface area contributed by atoms with E-state index >= 15 is 0 Å². The van der Waals surface area contributed by atoms with Gasteiger partial charge in [-0.05, 0) is 31.7 Å². The molecule has 4 rings (SSSR count). The highest BCUT2D eigenvalue weighted by Crippen LogP contribution is 2.30. The van der Waals surface area contributed by atoms with Crippen LogP contribution < -0.4 is 0 Å². The maximum absolute atomic E-state index is 12.9. The van der Waals surface area contributed by atoms with Gasteiger partial charge in [0.1, 0.15) is 0 Å². The number of aromatic nitrogens is 3. The molecule has 1 aromatic carbocycles. The van der Waals surface area contributed by atoms with Crippen molar-refractivity contribution in [3.05, 3.63) is 65.9 Å². The van der Waals surface area contributed by atoms with Gasteiger partial charge in [0.25, 0.3) is 0 Å². The molecule has 0 N–H and O–H groups in total. The lowest BCUT2D eigenvalue weighted by atomic mass is 10.00. The number of nitrogens with zero attached hydrogens (tertiary/aromatic N) is 3. The molecule has 0 saturated heterocycles. The maximum Gasteiger partial charge on any atom is 0.165 e. The minimum absolute atomic E-state index is 0.216. The zero-order valence-electron chi connectivity index (χ0n) is 14.7. The third-order valence-electron chi connectivity index (χ3n) is 5.20. The first kappa shape index (κ1) is 15.9. The van der Waals surface area contributed by atoms with Crippen LogP contribution in [-0.4, -0.2) is 19.9 Å². The lowest BCUT2D eigenvalue weighted by molar-refractivity contribution is 0.0983. The van der Waals surface area contributed by atoms with Gasteiger partial charge < -0.3 is 9.13 Å². The number of imidazole rings is 1. The third-order valence-corrected chi connectivity index (χ3v) is 5.20. The number of ketones is 1. The molecule has 0 aliphatic carbocycles. The summed E-state index contributed by atoms with van der Waals surface area (Å²) < 4.78 is 4.33. The molecule has 1 aliphatic heterocycles. The molecular formula is C21H23N3O. The van der Waals surface area contributed by atoms with Gasteiger partial charge in [-0.3, -0.25) is 4.79 Å². The van der Waals surface area contributed by atoms with E-state index in [9.17, 15) is 4.79 Å². The lowest BCUT2D eigenvalue weighted by Crippen LogP contribution is -2.06. The topological polar surface area (TPSA) is 39.8 Å². The van der Waals surface area contributed by atoms with Crippen molar-refractivity contribution >= 4 is 16.7 Å². The number of hydrogen-bond donors (Lipinski definition) is 0. The molecule has 3 aromatic rings. The molecule has 3 heterocycles. The Morgan fingerprint density at radius 3 is 3.12 bits per heavy atom. The van der Waals surface area contributed by atoms with E-state index in [0.29, 0.717) is 12.8 Å². The fourth-order valence-corrected chi connectivity index (χ4v) is 3.97. The number of para-hydroxylation sites is 1. The highest BCUT2D eigenvalue weighted by Gasteiger charge is 2.20. The van der Waals surface area contributed by atoms with Crippen molar-refractivity contribution in [1.82, 2.24) is 14.1 Å². The van der Waals surface area contributed by atoms with Crippen molar-refractivity contribution in [1.29, 1.82) is 0 Å². The van der Waals surface area contributed by atoms with E-state index in [1.165, 1.54) is 11.1 Å². The number of carbonyl (C=O) groups is 1. The number of benzene rings is 1. The predicted molar refractivity (Wildman–Crippen MR) is 100 cm³/mol. The van der Waals surface area contributed by atoms with Crippen LogP contribution in [-0.2, 0) is 25.9 Å². The number of Topliss-reactive ketones (excluding diaryl/α,β-unsaturated/α-hetero) is 1. The molecule has 4 heteroatoms. The summed E-state index contributed by atoms with van der Waals surface area (Å²) in [7, 11) is 0. The Balaban J connectivity index is 1.61. The molecule has 1 aliphatic rings. The van der Waals surface area contributed by atoms with E-state index in [1.54, 1.807) is 0 Å². The molecule has 0 amide bonds. The average molecular weight is 333 g/mol. The standard InChI is InChI=1S/C21H23N3O/c1-3-11-24-14-22-15(2)19(24)9-10-20(25)18-13-23-12-5-7-16-6-4-8-17(18)21(16)23/h3-4,6,8,13-14H,1,5,7,9-12H2,2H3. The minimum Gasteiger partial charge on any atom is -0.346 e. The Labute approximate surface area is 147 Å². The zero-order valence-corrected chi connectivity index (χ0v) is 14.7.